The summed E-state index contributed by atoms with van der Waals surface area (Å²) in [4.78, 5) is 1.86. The molecule has 0 radical (unpaired) electrons. The number of rotatable bonds is 4. The van der Waals surface area contributed by atoms with Gasteiger partial charge in [0.1, 0.15) is 4.90 Å². The zero-order valence-corrected chi connectivity index (χ0v) is 14.6. The first-order valence-corrected chi connectivity index (χ1v) is 9.20. The molecule has 3 N–H and O–H groups in total. The van der Waals surface area contributed by atoms with E-state index in [0.29, 0.717) is 12.1 Å². The highest BCUT2D eigenvalue weighted by Gasteiger charge is 2.57. The molecule has 0 saturated heterocycles. The van der Waals surface area contributed by atoms with Crippen molar-refractivity contribution in [2.45, 2.75) is 35.9 Å². The lowest BCUT2D eigenvalue weighted by atomic mass is 9.83. The number of benzene rings is 1. The number of aromatic hydroxyl groups is 1. The molecule has 3 rings (SSSR count). The maximum atomic E-state index is 13.9. The Bertz CT molecular complexity index is 1120. The van der Waals surface area contributed by atoms with Crippen molar-refractivity contribution in [3.05, 3.63) is 41.2 Å². The number of ether oxygens (including phenoxy) is 1. The molecule has 1 aromatic carbocycles. The normalized spacial score (nSPS) is 22.1. The smallest absolute Gasteiger partial charge is 0.417 e. The summed E-state index contributed by atoms with van der Waals surface area (Å²) in [5.74, 6) is -3.63. The average molecular weight is 429 g/mol. The molecule has 0 aliphatic heterocycles. The van der Waals surface area contributed by atoms with Crippen molar-refractivity contribution in [3.63, 3.8) is 0 Å². The fraction of sp³-hybridized carbons (Fsp3) is 0.375. The first kappa shape index (κ1) is 16.6. The lowest BCUT2D eigenvalue weighted by molar-refractivity contribution is -0.273. The van der Waals surface area contributed by atoms with Gasteiger partial charge in [-0.25, -0.2) is 17.2 Å². The molecule has 12 heteroatoms. The van der Waals surface area contributed by atoms with Crippen molar-refractivity contribution in [1.82, 2.24) is 4.98 Å². The highest BCUT2D eigenvalue weighted by Crippen LogP contribution is 2.44. The summed E-state index contributed by atoms with van der Waals surface area (Å²) in [6.07, 6.45) is -6.57. The molecule has 1 heterocycles. The molecule has 0 amide bonds. The molecule has 1 aromatic heterocycles. The third kappa shape index (κ3) is 3.30. The topological polar surface area (TPSA) is 91.4 Å². The van der Waals surface area contributed by atoms with Gasteiger partial charge < -0.3 is 14.8 Å². The van der Waals surface area contributed by atoms with Crippen LogP contribution in [0.15, 0.2) is 23.2 Å². The number of methoxy groups -OCH3 is 1. The molecular weight excluding hydrogens is 411 g/mol. The average Bonchev–Trinajstić information content (AvgIpc) is 3.01. The molecule has 0 fully saturated rings. The Morgan fingerprint density at radius 3 is 2.68 bits per heavy atom. The van der Waals surface area contributed by atoms with Gasteiger partial charge in [-0.1, -0.05) is 0 Å². The molecule has 1 aliphatic rings. The van der Waals surface area contributed by atoms with Gasteiger partial charge in [-0.05, 0) is 18.4 Å². The molecule has 0 saturated carbocycles. The summed E-state index contributed by atoms with van der Waals surface area (Å²) < 4.78 is 121. The van der Waals surface area contributed by atoms with Crippen LogP contribution >= 0.6 is 0 Å². The third-order valence-electron chi connectivity index (χ3n) is 4.56. The largest absolute Gasteiger partial charge is 0.505 e. The predicted molar refractivity (Wildman–Crippen MR) is 87.4 cm³/mol. The molecule has 0 unspecified atom stereocenters. The maximum Gasteiger partial charge on any atom is 0.417 e. The Kier molecular flexibility index (Phi) is 3.93. The number of hydrogen-bond acceptors (Lipinski definition) is 4. The molecule has 6 nitrogen and oxygen atoms in total. The number of phenolic OH excluding ortho intramolecular Hbond substituents is 1. The minimum Gasteiger partial charge on any atom is -0.505 e. The molecule has 1 aliphatic carbocycles. The van der Waals surface area contributed by atoms with Gasteiger partial charge in [0.25, 0.3) is 10.0 Å². The molecule has 2 aromatic rings. The van der Waals surface area contributed by atoms with Gasteiger partial charge in [0.15, 0.2) is 23.0 Å². The standard InChI is InChI=1S/C16H15F5N2O4S/c1-27-15(16(19,20)21)3-2-8-12(6-15)22-7-14(8)28(25,26)23-11-4-10(18)13(24)5-9(11)17/h4-5,7,22-24H,2-3,6H2,1H3/t15-/m0/s1/i1D3. The van der Waals surface area contributed by atoms with E-state index in [9.17, 15) is 30.4 Å². The molecule has 28 heavy (non-hydrogen) atoms. The van der Waals surface area contributed by atoms with Crippen LogP contribution in [0.1, 0.15) is 21.8 Å². The lowest BCUT2D eigenvalue weighted by Gasteiger charge is -2.37. The summed E-state index contributed by atoms with van der Waals surface area (Å²) in [5, 5.41) is 9.12. The first-order chi connectivity index (χ1) is 14.0. The Balaban J connectivity index is 1.96. The number of aromatic amines is 1. The van der Waals surface area contributed by atoms with Crippen LogP contribution in [0.5, 0.6) is 5.75 Å². The second kappa shape index (κ2) is 6.62. The molecule has 154 valence electrons. The fourth-order valence-electron chi connectivity index (χ4n) is 3.05. The van der Waals surface area contributed by atoms with Crippen LogP contribution in [0.3, 0.4) is 0 Å². The van der Waals surface area contributed by atoms with E-state index in [1.54, 1.807) is 4.72 Å². The predicted octanol–water partition coefficient (Wildman–Crippen LogP) is 3.24. The Morgan fingerprint density at radius 2 is 2.04 bits per heavy atom. The van der Waals surface area contributed by atoms with Crippen molar-refractivity contribution < 1.29 is 44.3 Å². The van der Waals surface area contributed by atoms with Gasteiger partial charge in [-0.2, -0.15) is 13.2 Å². The SMILES string of the molecule is [2H]C([2H])([2H])O[C@@]1(C(F)(F)F)CCc2c(S(=O)(=O)Nc3cc(F)c(O)cc3F)c[nH]c2C1. The Morgan fingerprint density at radius 1 is 1.32 bits per heavy atom. The minimum absolute atomic E-state index is 0.0684. The van der Waals surface area contributed by atoms with Crippen molar-refractivity contribution in [1.29, 1.82) is 0 Å². The molecule has 0 bridgehead atoms. The van der Waals surface area contributed by atoms with Crippen LogP contribution in [-0.2, 0) is 27.6 Å². The van der Waals surface area contributed by atoms with Gasteiger partial charge in [-0.3, -0.25) is 4.72 Å². The summed E-state index contributed by atoms with van der Waals surface area (Å²) in [6, 6.07) is 0.754. The van der Waals surface area contributed by atoms with Crippen LogP contribution in [0, 0.1) is 11.6 Å². The van der Waals surface area contributed by atoms with Crippen molar-refractivity contribution in [3.8, 4) is 5.75 Å². The van der Waals surface area contributed by atoms with E-state index in [4.69, 9.17) is 9.22 Å². The lowest BCUT2D eigenvalue weighted by Crippen LogP contribution is -2.51. The second-order valence-corrected chi connectivity index (χ2v) is 7.92. The van der Waals surface area contributed by atoms with Gasteiger partial charge >= 0.3 is 6.18 Å². The van der Waals surface area contributed by atoms with Crippen molar-refractivity contribution in [2.24, 2.45) is 0 Å². The van der Waals surface area contributed by atoms with Gasteiger partial charge in [0.2, 0.25) is 0 Å². The number of phenols is 1. The number of sulfonamides is 1. The van der Waals surface area contributed by atoms with Crippen molar-refractivity contribution in [2.75, 3.05) is 11.8 Å². The zero-order chi connectivity index (χ0) is 23.4. The van der Waals surface area contributed by atoms with Crippen LogP contribution in [0.2, 0.25) is 0 Å². The number of anilines is 1. The number of fused-ring (bicyclic) bond motifs is 1. The summed E-state index contributed by atoms with van der Waals surface area (Å²) >= 11 is 0. The van der Waals surface area contributed by atoms with Gasteiger partial charge in [0.05, 0.1) is 9.80 Å². The molecule has 0 spiro atoms. The number of halogens is 5. The van der Waals surface area contributed by atoms with E-state index in [1.165, 1.54) is 0 Å². The van der Waals surface area contributed by atoms with E-state index in [1.807, 2.05) is 0 Å². The number of alkyl halides is 3. The number of nitrogens with one attached hydrogen (secondary N) is 2. The van der Waals surface area contributed by atoms with Crippen molar-refractivity contribution >= 4 is 15.7 Å². The van der Waals surface area contributed by atoms with Crippen LogP contribution in [0.4, 0.5) is 27.6 Å². The second-order valence-electron chi connectivity index (χ2n) is 6.27. The third-order valence-corrected chi connectivity index (χ3v) is 5.99. The number of H-pyrrole nitrogens is 1. The van der Waals surface area contributed by atoms with Gasteiger partial charge in [0, 0.05) is 37.5 Å². The highest BCUT2D eigenvalue weighted by molar-refractivity contribution is 7.92. The number of aromatic nitrogens is 1. The molecule has 1 atom stereocenters. The summed E-state index contributed by atoms with van der Waals surface area (Å²) in [7, 11) is -7.92. The van der Waals surface area contributed by atoms with Crippen LogP contribution < -0.4 is 4.72 Å². The van der Waals surface area contributed by atoms with E-state index < -0.39 is 76.1 Å². The zero-order valence-electron chi connectivity index (χ0n) is 16.8. The fourth-order valence-corrected chi connectivity index (χ4v) is 4.37. The first-order valence-electron chi connectivity index (χ1n) is 9.21. The molecular formula is C16H15F5N2O4S. The highest BCUT2D eigenvalue weighted by atomic mass is 32.2. The Hall–Kier alpha value is -2.34. The van der Waals surface area contributed by atoms with E-state index in [0.717, 1.165) is 6.20 Å². The van der Waals surface area contributed by atoms with Gasteiger partial charge in [-0.15, -0.1) is 0 Å². The summed E-state index contributed by atoms with van der Waals surface area (Å²) in [6.45, 7) is 0. The maximum absolute atomic E-state index is 13.9. The Labute approximate surface area is 160 Å². The van der Waals surface area contributed by atoms with Crippen LogP contribution in [0.25, 0.3) is 0 Å². The quantitative estimate of drug-likeness (QED) is 0.514. The van der Waals surface area contributed by atoms with E-state index >= 15 is 0 Å². The van der Waals surface area contributed by atoms with Crippen LogP contribution in [-0.4, -0.2) is 37.3 Å². The minimum atomic E-state index is -5.06. The van der Waals surface area contributed by atoms with E-state index in [2.05, 4.69) is 9.72 Å². The summed E-state index contributed by atoms with van der Waals surface area (Å²) in [5.41, 5.74) is -4.17. The number of hydrogen-bond donors (Lipinski definition) is 3. The van der Waals surface area contributed by atoms with E-state index in [-0.39, 0.29) is 11.3 Å². The monoisotopic (exact) mass is 429 g/mol.